The molecule has 15 heteroatoms. The molecule has 0 saturated heterocycles. The predicted molar refractivity (Wildman–Crippen MR) is 130 cm³/mol. The highest BCUT2D eigenvalue weighted by atomic mass is 79.9. The minimum atomic E-state index is -5.08. The van der Waals surface area contributed by atoms with Crippen LogP contribution in [0.5, 0.6) is 0 Å². The maximum absolute atomic E-state index is 12.5. The van der Waals surface area contributed by atoms with Crippen molar-refractivity contribution in [2.45, 2.75) is 25.6 Å². The summed E-state index contributed by atoms with van der Waals surface area (Å²) in [5.41, 5.74) is 2.61. The molecule has 0 bridgehead atoms. The minimum Gasteiger partial charge on any atom is -0.475 e. The Kier molecular flexibility index (Phi) is 8.45. The third kappa shape index (κ3) is 7.27. The van der Waals surface area contributed by atoms with E-state index >= 15 is 0 Å². The number of benzene rings is 1. The largest absolute Gasteiger partial charge is 0.490 e. The lowest BCUT2D eigenvalue weighted by atomic mass is 10.0. The molecular formula is C22H17BrF3N7O4. The first-order valence-corrected chi connectivity index (χ1v) is 11.1. The first-order chi connectivity index (χ1) is 17.5. The highest BCUT2D eigenvalue weighted by Gasteiger charge is 2.38. The minimum absolute atomic E-state index is 0.0184. The van der Waals surface area contributed by atoms with Crippen LogP contribution in [0.3, 0.4) is 0 Å². The van der Waals surface area contributed by atoms with Crippen LogP contribution in [-0.4, -0.2) is 37.7 Å². The average molecular weight is 580 g/mol. The van der Waals surface area contributed by atoms with Crippen molar-refractivity contribution in [1.82, 2.24) is 14.5 Å². The van der Waals surface area contributed by atoms with Crippen molar-refractivity contribution in [3.63, 3.8) is 0 Å². The van der Waals surface area contributed by atoms with Crippen LogP contribution in [0.15, 0.2) is 52.0 Å². The molecule has 11 nitrogen and oxygen atoms in total. The Hall–Kier alpha value is -4.45. The molecule has 1 aromatic carbocycles. The van der Waals surface area contributed by atoms with E-state index in [2.05, 4.69) is 41.8 Å². The van der Waals surface area contributed by atoms with Crippen LogP contribution in [0.25, 0.3) is 0 Å². The van der Waals surface area contributed by atoms with Crippen LogP contribution in [0, 0.1) is 11.3 Å². The normalized spacial score (nSPS) is 12.2. The zero-order valence-corrected chi connectivity index (χ0v) is 20.2. The van der Waals surface area contributed by atoms with Gasteiger partial charge in [-0.05, 0) is 58.2 Å². The molecule has 4 N–H and O–H groups in total. The highest BCUT2D eigenvalue weighted by Crippen LogP contribution is 2.28. The van der Waals surface area contributed by atoms with E-state index in [-0.39, 0.29) is 18.0 Å². The van der Waals surface area contributed by atoms with Gasteiger partial charge in [-0.2, -0.15) is 23.4 Å². The lowest BCUT2D eigenvalue weighted by Gasteiger charge is -2.18. The van der Waals surface area contributed by atoms with E-state index in [0.29, 0.717) is 34.8 Å². The number of hydrogen-bond acceptors (Lipinski definition) is 8. The number of alkyl halides is 3. The molecule has 2 aromatic heterocycles. The molecule has 1 aliphatic heterocycles. The molecule has 1 aliphatic rings. The molecule has 3 aromatic rings. The molecular weight excluding hydrogens is 563 g/mol. The number of halogens is 4. The molecule has 0 radical (unpaired) electrons. The van der Waals surface area contributed by atoms with Gasteiger partial charge in [-0.3, -0.25) is 14.2 Å². The number of nitriles is 1. The van der Waals surface area contributed by atoms with Crippen molar-refractivity contribution in [3.8, 4) is 6.07 Å². The van der Waals surface area contributed by atoms with E-state index in [1.165, 1.54) is 4.57 Å². The summed E-state index contributed by atoms with van der Waals surface area (Å²) in [6.07, 6.45) is -0.822. The molecule has 0 saturated carbocycles. The van der Waals surface area contributed by atoms with Crippen LogP contribution in [-0.2, 0) is 22.6 Å². The number of amides is 1. The summed E-state index contributed by atoms with van der Waals surface area (Å²) in [7, 11) is 0. The summed E-state index contributed by atoms with van der Waals surface area (Å²) in [4.78, 5) is 41.6. The first-order valence-electron chi connectivity index (χ1n) is 10.3. The van der Waals surface area contributed by atoms with Gasteiger partial charge < -0.3 is 21.1 Å². The Morgan fingerprint density at radius 2 is 1.97 bits per heavy atom. The number of carbonyl (C=O) groups excluding carboxylic acids is 1. The maximum Gasteiger partial charge on any atom is 0.490 e. The fourth-order valence-corrected chi connectivity index (χ4v) is 3.36. The summed E-state index contributed by atoms with van der Waals surface area (Å²) >= 11 is 3.39. The number of nitrogens with one attached hydrogen (secondary N) is 3. The van der Waals surface area contributed by atoms with Crippen molar-refractivity contribution in [1.29, 1.82) is 5.26 Å². The third-order valence-electron chi connectivity index (χ3n) is 4.76. The molecule has 0 unspecified atom stereocenters. The van der Waals surface area contributed by atoms with Crippen molar-refractivity contribution in [2.75, 3.05) is 16.0 Å². The summed E-state index contributed by atoms with van der Waals surface area (Å²) in [6.45, 7) is -0.0368. The number of aryl methyl sites for hydroxylation is 1. The molecule has 4 rings (SSSR count). The molecule has 0 spiro atoms. The Morgan fingerprint density at radius 3 is 2.65 bits per heavy atom. The van der Waals surface area contributed by atoms with Gasteiger partial charge in [0.25, 0.3) is 5.56 Å². The number of carbonyl (C=O) groups is 2. The van der Waals surface area contributed by atoms with Gasteiger partial charge in [-0.1, -0.05) is 0 Å². The fourth-order valence-electron chi connectivity index (χ4n) is 3.07. The lowest BCUT2D eigenvalue weighted by Crippen LogP contribution is -2.21. The van der Waals surface area contributed by atoms with Crippen molar-refractivity contribution in [3.05, 3.63) is 63.1 Å². The molecule has 0 aliphatic carbocycles. The lowest BCUT2D eigenvalue weighted by molar-refractivity contribution is -0.192. The van der Waals surface area contributed by atoms with Gasteiger partial charge in [0, 0.05) is 30.2 Å². The number of carboxylic acids is 1. The number of anilines is 5. The van der Waals surface area contributed by atoms with E-state index in [0.717, 1.165) is 16.9 Å². The quantitative estimate of drug-likeness (QED) is 0.350. The molecule has 3 heterocycles. The van der Waals surface area contributed by atoms with Gasteiger partial charge in [0.2, 0.25) is 11.9 Å². The van der Waals surface area contributed by atoms with E-state index in [1.54, 1.807) is 24.5 Å². The molecule has 192 valence electrons. The monoisotopic (exact) mass is 579 g/mol. The van der Waals surface area contributed by atoms with Crippen LogP contribution in [0.2, 0.25) is 0 Å². The predicted octanol–water partition coefficient (Wildman–Crippen LogP) is 3.93. The van der Waals surface area contributed by atoms with Crippen molar-refractivity contribution in [2.24, 2.45) is 0 Å². The van der Waals surface area contributed by atoms with E-state index < -0.39 is 12.1 Å². The number of nitrogens with zero attached hydrogens (tertiary/aromatic N) is 4. The van der Waals surface area contributed by atoms with Crippen molar-refractivity contribution < 1.29 is 27.9 Å². The smallest absolute Gasteiger partial charge is 0.475 e. The highest BCUT2D eigenvalue weighted by molar-refractivity contribution is 9.10. The van der Waals surface area contributed by atoms with Gasteiger partial charge in [0.1, 0.15) is 12.2 Å². The molecule has 37 heavy (non-hydrogen) atoms. The van der Waals surface area contributed by atoms with E-state index in [1.807, 2.05) is 24.3 Å². The first kappa shape index (κ1) is 27.1. The number of aliphatic carboxylic acids is 1. The number of pyridine rings is 1. The number of aromatic nitrogens is 3. The standard InChI is InChI=1S/C20H16BrN7O2.C2HF3O2/c21-14-11-23-20(24-13-4-5-15-12(10-13)3-6-17(29)25-15)27-18(14)26-16-2-1-8-28(9-7-22)19(16)30;3-2(4,5)1(6)7/h1-2,4-5,8,10-11H,3,6,9H2,(H,25,29)(H2,23,24,26,27);(H,6,7). The van der Waals surface area contributed by atoms with Gasteiger partial charge in [-0.15, -0.1) is 0 Å². The second-order valence-corrected chi connectivity index (χ2v) is 8.23. The van der Waals surface area contributed by atoms with Crippen LogP contribution in [0.1, 0.15) is 12.0 Å². The fraction of sp³-hybridized carbons (Fsp3) is 0.182. The Morgan fingerprint density at radius 1 is 1.24 bits per heavy atom. The third-order valence-corrected chi connectivity index (χ3v) is 5.34. The molecule has 1 amide bonds. The summed E-state index contributed by atoms with van der Waals surface area (Å²) in [5.74, 6) is -1.99. The summed E-state index contributed by atoms with van der Waals surface area (Å²) in [6, 6.07) is 10.9. The van der Waals surface area contributed by atoms with Gasteiger partial charge in [-0.25, -0.2) is 9.78 Å². The average Bonchev–Trinajstić information content (AvgIpc) is 2.84. The van der Waals surface area contributed by atoms with Crippen molar-refractivity contribution >= 4 is 56.6 Å². The van der Waals surface area contributed by atoms with Gasteiger partial charge in [0.15, 0.2) is 5.82 Å². The zero-order chi connectivity index (χ0) is 27.2. The molecule has 0 fully saturated rings. The Balaban J connectivity index is 0.000000479. The number of rotatable bonds is 5. The maximum atomic E-state index is 12.5. The second kappa shape index (κ2) is 11.5. The SMILES string of the molecule is N#CCn1cccc(Nc2nc(Nc3ccc4c(c3)CCC(=O)N4)ncc2Br)c1=O.O=C(O)C(F)(F)F. The van der Waals surface area contributed by atoms with Gasteiger partial charge in [0.05, 0.1) is 10.5 Å². The van der Waals surface area contributed by atoms with Crippen LogP contribution in [0.4, 0.5) is 42.0 Å². The van der Waals surface area contributed by atoms with E-state index in [4.69, 9.17) is 15.2 Å². The zero-order valence-electron chi connectivity index (χ0n) is 18.6. The number of fused-ring (bicyclic) bond motifs is 1. The Labute approximate surface area is 215 Å². The van der Waals surface area contributed by atoms with Crippen LogP contribution >= 0.6 is 15.9 Å². The second-order valence-electron chi connectivity index (χ2n) is 7.38. The van der Waals surface area contributed by atoms with Gasteiger partial charge >= 0.3 is 12.1 Å². The number of hydrogen-bond donors (Lipinski definition) is 4. The summed E-state index contributed by atoms with van der Waals surface area (Å²) in [5, 5.41) is 25.0. The van der Waals surface area contributed by atoms with Crippen LogP contribution < -0.4 is 21.5 Å². The topological polar surface area (TPSA) is 162 Å². The Bertz CT molecular complexity index is 1440. The molecule has 0 atom stereocenters. The summed E-state index contributed by atoms with van der Waals surface area (Å²) < 4.78 is 33.6. The van der Waals surface area contributed by atoms with E-state index in [9.17, 15) is 22.8 Å². The number of carboxylic acid groups (broad SMARTS) is 1.